The monoisotopic (exact) mass is 224 g/mol. The summed E-state index contributed by atoms with van der Waals surface area (Å²) in [5, 5.41) is 5.85. The molecule has 0 aromatic carbocycles. The molecule has 2 fully saturated rings. The predicted octanol–water partition coefficient (Wildman–Crippen LogP) is 0.960. The van der Waals surface area contributed by atoms with Crippen LogP contribution in [0.5, 0.6) is 0 Å². The van der Waals surface area contributed by atoms with Crippen molar-refractivity contribution in [3.63, 3.8) is 0 Å². The van der Waals surface area contributed by atoms with Crippen LogP contribution >= 0.6 is 0 Å². The Hall–Kier alpha value is -1.06. The fourth-order valence-corrected chi connectivity index (χ4v) is 2.68. The summed E-state index contributed by atoms with van der Waals surface area (Å²) < 4.78 is 0. The summed E-state index contributed by atoms with van der Waals surface area (Å²) in [7, 11) is 0. The Morgan fingerprint density at radius 1 is 1.38 bits per heavy atom. The maximum atomic E-state index is 12.1. The summed E-state index contributed by atoms with van der Waals surface area (Å²) in [6, 6.07) is -0.344. The molecule has 2 N–H and O–H groups in total. The summed E-state index contributed by atoms with van der Waals surface area (Å²) in [6.07, 6.45) is 4.53. The third-order valence-corrected chi connectivity index (χ3v) is 4.04. The molecule has 1 aliphatic heterocycles. The van der Waals surface area contributed by atoms with E-state index < -0.39 is 5.54 Å². The van der Waals surface area contributed by atoms with Crippen LogP contribution < -0.4 is 10.6 Å². The molecule has 0 aromatic rings. The second kappa shape index (κ2) is 4.07. The highest BCUT2D eigenvalue weighted by Gasteiger charge is 2.48. The largest absolute Gasteiger partial charge is 0.342 e. The van der Waals surface area contributed by atoms with E-state index in [0.717, 1.165) is 32.1 Å². The molecule has 1 saturated heterocycles. The topological polar surface area (TPSA) is 58.2 Å². The lowest BCUT2D eigenvalue weighted by Gasteiger charge is -2.39. The summed E-state index contributed by atoms with van der Waals surface area (Å²) in [4.78, 5) is 24.0. The van der Waals surface area contributed by atoms with Gasteiger partial charge in [0.2, 0.25) is 11.8 Å². The van der Waals surface area contributed by atoms with Crippen LogP contribution in [0.3, 0.4) is 0 Å². The number of piperazine rings is 1. The fraction of sp³-hybridized carbons (Fsp3) is 0.833. The zero-order valence-corrected chi connectivity index (χ0v) is 10.0. The van der Waals surface area contributed by atoms with Crippen molar-refractivity contribution in [2.75, 3.05) is 0 Å². The molecule has 16 heavy (non-hydrogen) atoms. The van der Waals surface area contributed by atoms with Crippen molar-refractivity contribution in [3.05, 3.63) is 0 Å². The number of hydrogen-bond acceptors (Lipinski definition) is 2. The van der Waals surface area contributed by atoms with Gasteiger partial charge in [-0.15, -0.1) is 0 Å². The van der Waals surface area contributed by atoms with E-state index in [2.05, 4.69) is 10.6 Å². The summed E-state index contributed by atoms with van der Waals surface area (Å²) in [5.74, 6) is 0.216. The van der Waals surface area contributed by atoms with Crippen molar-refractivity contribution < 1.29 is 9.59 Å². The molecule has 1 aliphatic carbocycles. The Balaban J connectivity index is 2.13. The van der Waals surface area contributed by atoms with Gasteiger partial charge >= 0.3 is 0 Å². The zero-order chi connectivity index (χ0) is 11.8. The lowest BCUT2D eigenvalue weighted by atomic mass is 9.88. The van der Waals surface area contributed by atoms with Crippen LogP contribution in [-0.2, 0) is 9.59 Å². The molecule has 0 radical (unpaired) electrons. The maximum absolute atomic E-state index is 12.1. The molecule has 2 atom stereocenters. The first-order chi connectivity index (χ1) is 7.59. The Morgan fingerprint density at radius 3 is 2.56 bits per heavy atom. The first-order valence-corrected chi connectivity index (χ1v) is 6.22. The molecular weight excluding hydrogens is 204 g/mol. The summed E-state index contributed by atoms with van der Waals surface area (Å²) >= 11 is 0. The van der Waals surface area contributed by atoms with Crippen LogP contribution in [0.15, 0.2) is 0 Å². The maximum Gasteiger partial charge on any atom is 0.246 e. The predicted molar refractivity (Wildman–Crippen MR) is 60.7 cm³/mol. The van der Waals surface area contributed by atoms with E-state index in [9.17, 15) is 9.59 Å². The van der Waals surface area contributed by atoms with Crippen molar-refractivity contribution in [2.45, 2.75) is 57.5 Å². The van der Waals surface area contributed by atoms with Gasteiger partial charge in [-0.2, -0.15) is 0 Å². The van der Waals surface area contributed by atoms with Crippen molar-refractivity contribution in [3.8, 4) is 0 Å². The Morgan fingerprint density at radius 2 is 2.00 bits per heavy atom. The Kier molecular flexibility index (Phi) is 2.91. The molecule has 2 amide bonds. The highest BCUT2D eigenvalue weighted by atomic mass is 16.2. The average Bonchev–Trinajstić information content (AvgIpc) is 2.72. The van der Waals surface area contributed by atoms with E-state index in [4.69, 9.17) is 0 Å². The normalized spacial score (nSPS) is 30.0. The van der Waals surface area contributed by atoms with Gasteiger partial charge in [-0.05, 0) is 18.8 Å². The minimum absolute atomic E-state index is 0.00384. The third kappa shape index (κ3) is 1.70. The van der Waals surface area contributed by atoms with Crippen LogP contribution in [0.4, 0.5) is 0 Å². The van der Waals surface area contributed by atoms with E-state index in [1.807, 2.05) is 13.8 Å². The molecule has 2 aliphatic rings. The van der Waals surface area contributed by atoms with Gasteiger partial charge in [-0.3, -0.25) is 9.59 Å². The zero-order valence-electron chi connectivity index (χ0n) is 10.0. The minimum Gasteiger partial charge on any atom is -0.342 e. The molecule has 1 saturated carbocycles. The van der Waals surface area contributed by atoms with Crippen LogP contribution in [0.2, 0.25) is 0 Å². The average molecular weight is 224 g/mol. The van der Waals surface area contributed by atoms with Crippen molar-refractivity contribution in [2.24, 2.45) is 5.92 Å². The van der Waals surface area contributed by atoms with E-state index in [1.54, 1.807) is 0 Å². The van der Waals surface area contributed by atoms with E-state index >= 15 is 0 Å². The van der Waals surface area contributed by atoms with E-state index in [-0.39, 0.29) is 23.8 Å². The highest BCUT2D eigenvalue weighted by molar-refractivity contribution is 6.00. The molecule has 0 bridgehead atoms. The molecule has 2 rings (SSSR count). The van der Waals surface area contributed by atoms with Gasteiger partial charge in [0, 0.05) is 0 Å². The van der Waals surface area contributed by atoms with Gasteiger partial charge in [0.25, 0.3) is 0 Å². The molecule has 0 aromatic heterocycles. The van der Waals surface area contributed by atoms with E-state index in [1.165, 1.54) is 0 Å². The van der Waals surface area contributed by atoms with Gasteiger partial charge < -0.3 is 10.6 Å². The first-order valence-electron chi connectivity index (χ1n) is 6.22. The van der Waals surface area contributed by atoms with Crippen molar-refractivity contribution in [1.29, 1.82) is 0 Å². The summed E-state index contributed by atoms with van der Waals surface area (Å²) in [6.45, 7) is 4.03. The van der Waals surface area contributed by atoms with Crippen LogP contribution in [0.1, 0.15) is 46.0 Å². The standard InChI is InChI=1S/C12H20N2O2/c1-3-8(2)9-10(15)14-12(11(16)13-9)6-4-5-7-12/h8-9H,3-7H2,1-2H3,(H,13,16)(H,14,15). The smallest absolute Gasteiger partial charge is 0.246 e. The van der Waals surface area contributed by atoms with Gasteiger partial charge in [0.1, 0.15) is 11.6 Å². The quantitative estimate of drug-likeness (QED) is 0.734. The fourth-order valence-electron chi connectivity index (χ4n) is 2.68. The molecule has 4 heteroatoms. The van der Waals surface area contributed by atoms with E-state index in [0.29, 0.717) is 0 Å². The molecule has 90 valence electrons. The molecule has 2 unspecified atom stereocenters. The van der Waals surface area contributed by atoms with Gasteiger partial charge in [-0.25, -0.2) is 0 Å². The second-order valence-electron chi connectivity index (χ2n) is 5.12. The number of rotatable bonds is 2. The Bertz CT molecular complexity index is 308. The van der Waals surface area contributed by atoms with Crippen LogP contribution in [0, 0.1) is 5.92 Å². The highest BCUT2D eigenvalue weighted by Crippen LogP contribution is 2.32. The number of nitrogens with one attached hydrogen (secondary N) is 2. The SMILES string of the molecule is CCC(C)C1NC(=O)C2(CCCC2)NC1=O. The molecule has 4 nitrogen and oxygen atoms in total. The molecule has 1 spiro atoms. The van der Waals surface area contributed by atoms with Gasteiger partial charge in [-0.1, -0.05) is 33.1 Å². The van der Waals surface area contributed by atoms with Crippen molar-refractivity contribution >= 4 is 11.8 Å². The molecular formula is C12H20N2O2. The van der Waals surface area contributed by atoms with Gasteiger partial charge in [0.05, 0.1) is 0 Å². The number of amides is 2. The van der Waals surface area contributed by atoms with Crippen LogP contribution in [0.25, 0.3) is 0 Å². The lowest BCUT2D eigenvalue weighted by Crippen LogP contribution is -2.69. The Labute approximate surface area is 96.2 Å². The third-order valence-electron chi connectivity index (χ3n) is 4.04. The molecule has 1 heterocycles. The van der Waals surface area contributed by atoms with Crippen molar-refractivity contribution in [1.82, 2.24) is 10.6 Å². The lowest BCUT2D eigenvalue weighted by molar-refractivity contribution is -0.142. The minimum atomic E-state index is -0.582. The van der Waals surface area contributed by atoms with Crippen LogP contribution in [-0.4, -0.2) is 23.4 Å². The first kappa shape index (κ1) is 11.4. The number of carbonyl (C=O) groups excluding carboxylic acids is 2. The number of carbonyl (C=O) groups is 2. The number of hydrogen-bond donors (Lipinski definition) is 2. The summed E-state index contributed by atoms with van der Waals surface area (Å²) in [5.41, 5.74) is -0.582. The second-order valence-corrected chi connectivity index (χ2v) is 5.12. The van der Waals surface area contributed by atoms with Gasteiger partial charge in [0.15, 0.2) is 0 Å².